The second kappa shape index (κ2) is 6.91. The van der Waals surface area contributed by atoms with E-state index in [1.807, 2.05) is 78.9 Å². The van der Waals surface area contributed by atoms with Gasteiger partial charge in [0.1, 0.15) is 5.82 Å². The predicted octanol–water partition coefficient (Wildman–Crippen LogP) is 5.88. The van der Waals surface area contributed by atoms with E-state index in [1.54, 1.807) is 0 Å². The van der Waals surface area contributed by atoms with Gasteiger partial charge in [-0.3, -0.25) is 0 Å². The van der Waals surface area contributed by atoms with Crippen molar-refractivity contribution in [3.63, 3.8) is 0 Å². The number of halogens is 1. The molecule has 0 atom stereocenters. The average molecular weight is 391 g/mol. The number of nitrogens with one attached hydrogen (secondary N) is 2. The average Bonchev–Trinajstić information content (AvgIpc) is 2.64. The van der Waals surface area contributed by atoms with E-state index in [0.29, 0.717) is 5.95 Å². The van der Waals surface area contributed by atoms with E-state index < -0.39 is 0 Å². The summed E-state index contributed by atoms with van der Waals surface area (Å²) in [6, 6.07) is 25.9. The summed E-state index contributed by atoms with van der Waals surface area (Å²) in [5, 5.41) is 7.61. The molecular formula is C20H15BrN4. The Morgan fingerprint density at radius 1 is 0.680 bits per heavy atom. The Morgan fingerprint density at radius 2 is 1.32 bits per heavy atom. The number of anilines is 4. The molecule has 0 saturated heterocycles. The molecular weight excluding hydrogens is 376 g/mol. The summed E-state index contributed by atoms with van der Waals surface area (Å²) >= 11 is 3.53. The number of nitrogens with zero attached hydrogens (tertiary/aromatic N) is 2. The zero-order chi connectivity index (χ0) is 17.1. The van der Waals surface area contributed by atoms with Crippen LogP contribution in [0.15, 0.2) is 83.3 Å². The molecule has 0 aliphatic rings. The molecule has 3 aromatic carbocycles. The fraction of sp³-hybridized carbons (Fsp3) is 0. The summed E-state index contributed by atoms with van der Waals surface area (Å²) in [5.41, 5.74) is 2.80. The normalized spacial score (nSPS) is 10.6. The lowest BCUT2D eigenvalue weighted by Gasteiger charge is -2.12. The van der Waals surface area contributed by atoms with Gasteiger partial charge in [0.2, 0.25) is 5.95 Å². The molecule has 0 spiro atoms. The third-order valence-corrected chi connectivity index (χ3v) is 4.22. The van der Waals surface area contributed by atoms with Crippen LogP contribution in [0, 0.1) is 0 Å². The zero-order valence-electron chi connectivity index (χ0n) is 13.3. The number of fused-ring (bicyclic) bond motifs is 1. The lowest BCUT2D eigenvalue weighted by Crippen LogP contribution is -2.02. The zero-order valence-corrected chi connectivity index (χ0v) is 14.9. The van der Waals surface area contributed by atoms with Crippen LogP contribution >= 0.6 is 15.9 Å². The first-order valence-corrected chi connectivity index (χ1v) is 8.69. The van der Waals surface area contributed by atoms with E-state index in [-0.39, 0.29) is 0 Å². The number of para-hydroxylation sites is 2. The van der Waals surface area contributed by atoms with Crippen LogP contribution in [-0.2, 0) is 0 Å². The number of rotatable bonds is 4. The molecule has 0 amide bonds. The minimum Gasteiger partial charge on any atom is -0.340 e. The van der Waals surface area contributed by atoms with Crippen LogP contribution in [-0.4, -0.2) is 9.97 Å². The van der Waals surface area contributed by atoms with Gasteiger partial charge in [-0.25, -0.2) is 4.98 Å². The van der Waals surface area contributed by atoms with E-state index in [4.69, 9.17) is 0 Å². The molecule has 2 N–H and O–H groups in total. The first kappa shape index (κ1) is 15.6. The van der Waals surface area contributed by atoms with Gasteiger partial charge < -0.3 is 10.6 Å². The van der Waals surface area contributed by atoms with Crippen molar-refractivity contribution < 1.29 is 0 Å². The predicted molar refractivity (Wildman–Crippen MR) is 107 cm³/mol. The lowest BCUT2D eigenvalue weighted by atomic mass is 10.2. The van der Waals surface area contributed by atoms with Crippen LogP contribution in [0.5, 0.6) is 0 Å². The highest BCUT2D eigenvalue weighted by molar-refractivity contribution is 9.10. The van der Waals surface area contributed by atoms with Crippen molar-refractivity contribution in [1.29, 1.82) is 0 Å². The van der Waals surface area contributed by atoms with Crippen LogP contribution in [0.25, 0.3) is 10.9 Å². The van der Waals surface area contributed by atoms with Gasteiger partial charge >= 0.3 is 0 Å². The molecule has 4 rings (SSSR count). The molecule has 0 bridgehead atoms. The summed E-state index contributed by atoms with van der Waals surface area (Å²) in [7, 11) is 0. The van der Waals surface area contributed by atoms with E-state index in [0.717, 1.165) is 32.6 Å². The maximum absolute atomic E-state index is 4.68. The van der Waals surface area contributed by atoms with Crippen molar-refractivity contribution in [2.45, 2.75) is 0 Å². The minimum absolute atomic E-state index is 0.555. The Balaban J connectivity index is 1.79. The molecule has 0 radical (unpaired) electrons. The number of hydrogen-bond acceptors (Lipinski definition) is 4. The van der Waals surface area contributed by atoms with Gasteiger partial charge in [-0.15, -0.1) is 0 Å². The maximum Gasteiger partial charge on any atom is 0.229 e. The van der Waals surface area contributed by atoms with Gasteiger partial charge in [-0.2, -0.15) is 4.98 Å². The smallest absolute Gasteiger partial charge is 0.229 e. The fourth-order valence-corrected chi connectivity index (χ4v) is 2.92. The maximum atomic E-state index is 4.68. The lowest BCUT2D eigenvalue weighted by molar-refractivity contribution is 1.21. The van der Waals surface area contributed by atoms with Gasteiger partial charge in [0.25, 0.3) is 0 Å². The summed E-state index contributed by atoms with van der Waals surface area (Å²) in [4.78, 5) is 9.31. The Kier molecular flexibility index (Phi) is 4.31. The molecule has 0 fully saturated rings. The third-order valence-electron chi connectivity index (χ3n) is 3.72. The molecule has 4 aromatic rings. The van der Waals surface area contributed by atoms with E-state index in [2.05, 4.69) is 36.5 Å². The van der Waals surface area contributed by atoms with Crippen molar-refractivity contribution in [3.8, 4) is 0 Å². The topological polar surface area (TPSA) is 49.8 Å². The Labute approximate surface area is 154 Å². The second-order valence-corrected chi connectivity index (χ2v) is 6.46. The van der Waals surface area contributed by atoms with E-state index in [9.17, 15) is 0 Å². The van der Waals surface area contributed by atoms with Gasteiger partial charge in [0, 0.05) is 21.2 Å². The Morgan fingerprint density at radius 3 is 2.00 bits per heavy atom. The van der Waals surface area contributed by atoms with Crippen LogP contribution in [0.1, 0.15) is 0 Å². The SMILES string of the molecule is Brc1ccc2nc(Nc3ccccc3)nc(Nc3ccccc3)c2c1. The molecule has 0 aliphatic heterocycles. The van der Waals surface area contributed by atoms with Crippen LogP contribution in [0.3, 0.4) is 0 Å². The number of hydrogen-bond donors (Lipinski definition) is 2. The molecule has 0 aliphatic carbocycles. The molecule has 4 nitrogen and oxygen atoms in total. The van der Waals surface area contributed by atoms with Crippen molar-refractivity contribution in [2.75, 3.05) is 10.6 Å². The van der Waals surface area contributed by atoms with Crippen LogP contribution < -0.4 is 10.6 Å². The fourth-order valence-electron chi connectivity index (χ4n) is 2.56. The summed E-state index contributed by atoms with van der Waals surface area (Å²) in [5.74, 6) is 1.32. The van der Waals surface area contributed by atoms with Gasteiger partial charge in [0.15, 0.2) is 0 Å². The number of benzene rings is 3. The van der Waals surface area contributed by atoms with E-state index in [1.165, 1.54) is 0 Å². The van der Waals surface area contributed by atoms with Crippen molar-refractivity contribution in [3.05, 3.63) is 83.3 Å². The van der Waals surface area contributed by atoms with Crippen molar-refractivity contribution >= 4 is 50.0 Å². The van der Waals surface area contributed by atoms with Crippen molar-refractivity contribution in [1.82, 2.24) is 9.97 Å². The highest BCUT2D eigenvalue weighted by Crippen LogP contribution is 2.28. The number of aromatic nitrogens is 2. The summed E-state index contributed by atoms with van der Waals surface area (Å²) in [6.45, 7) is 0. The molecule has 122 valence electrons. The van der Waals surface area contributed by atoms with Gasteiger partial charge in [-0.1, -0.05) is 52.3 Å². The minimum atomic E-state index is 0.555. The molecule has 0 unspecified atom stereocenters. The summed E-state index contributed by atoms with van der Waals surface area (Å²) in [6.07, 6.45) is 0. The molecule has 1 heterocycles. The Hall–Kier alpha value is -2.92. The first-order valence-electron chi connectivity index (χ1n) is 7.89. The monoisotopic (exact) mass is 390 g/mol. The molecule has 1 aromatic heterocycles. The molecule has 0 saturated carbocycles. The highest BCUT2D eigenvalue weighted by atomic mass is 79.9. The quantitative estimate of drug-likeness (QED) is 0.456. The molecule has 5 heteroatoms. The van der Waals surface area contributed by atoms with Gasteiger partial charge in [-0.05, 0) is 42.5 Å². The second-order valence-electron chi connectivity index (χ2n) is 5.54. The van der Waals surface area contributed by atoms with Gasteiger partial charge in [0.05, 0.1) is 5.52 Å². The van der Waals surface area contributed by atoms with E-state index >= 15 is 0 Å². The standard InChI is InChI=1S/C20H15BrN4/c21-14-11-12-18-17(13-14)19(22-15-7-3-1-4-8-15)25-20(24-18)23-16-9-5-2-6-10-16/h1-13H,(H2,22,23,24,25). The van der Waals surface area contributed by atoms with Crippen molar-refractivity contribution in [2.24, 2.45) is 0 Å². The largest absolute Gasteiger partial charge is 0.340 e. The summed E-state index contributed by atoms with van der Waals surface area (Å²) < 4.78 is 0.989. The van der Waals surface area contributed by atoms with Crippen LogP contribution in [0.2, 0.25) is 0 Å². The first-order chi connectivity index (χ1) is 12.3. The highest BCUT2D eigenvalue weighted by Gasteiger charge is 2.09. The molecule has 25 heavy (non-hydrogen) atoms. The third kappa shape index (κ3) is 3.61. The Bertz CT molecular complexity index is 1000. The van der Waals surface area contributed by atoms with Crippen LogP contribution in [0.4, 0.5) is 23.1 Å².